The van der Waals surface area contributed by atoms with E-state index in [2.05, 4.69) is 0 Å². The lowest BCUT2D eigenvalue weighted by Crippen LogP contribution is -2.14. The van der Waals surface area contributed by atoms with Crippen molar-refractivity contribution in [2.75, 3.05) is 0 Å². The molecular weight excluding hydrogens is 238 g/mol. The van der Waals surface area contributed by atoms with Crippen molar-refractivity contribution < 1.29 is 9.53 Å². The third kappa shape index (κ3) is 3.13. The second kappa shape index (κ2) is 5.57. The average Bonchev–Trinajstić information content (AvgIpc) is 2.40. The Hall–Kier alpha value is -2.29. The monoisotopic (exact) mass is 255 g/mol. The third-order valence-corrected chi connectivity index (χ3v) is 3.01. The van der Waals surface area contributed by atoms with E-state index in [4.69, 9.17) is 10.5 Å². The van der Waals surface area contributed by atoms with Crippen LogP contribution in [0.25, 0.3) is 0 Å². The smallest absolute Gasteiger partial charge is 0.249 e. The fourth-order valence-electron chi connectivity index (χ4n) is 1.90. The number of amides is 1. The number of nitrogens with two attached hydrogens (primary N) is 1. The zero-order valence-corrected chi connectivity index (χ0v) is 11.1. The fourth-order valence-corrected chi connectivity index (χ4v) is 1.90. The Balaban J connectivity index is 2.19. The number of hydrogen-bond acceptors (Lipinski definition) is 2. The van der Waals surface area contributed by atoms with Crippen LogP contribution in [0.2, 0.25) is 0 Å². The van der Waals surface area contributed by atoms with E-state index >= 15 is 0 Å². The van der Waals surface area contributed by atoms with Crippen LogP contribution in [0.4, 0.5) is 0 Å². The molecule has 98 valence electrons. The van der Waals surface area contributed by atoms with Crippen molar-refractivity contribution in [2.24, 2.45) is 5.73 Å². The minimum absolute atomic E-state index is 0.337. The Morgan fingerprint density at radius 3 is 2.63 bits per heavy atom. The van der Waals surface area contributed by atoms with Crippen LogP contribution in [0.3, 0.4) is 0 Å². The van der Waals surface area contributed by atoms with Gasteiger partial charge in [0.05, 0.1) is 0 Å². The molecule has 1 amide bonds. The standard InChI is InChI=1S/C16H17NO2/c1-11-7-8-12(2)15(9-11)19-10-13-5-3-4-6-14(13)16(17)18/h3-9H,10H2,1-2H3,(H2,17,18). The Morgan fingerprint density at radius 1 is 1.16 bits per heavy atom. The number of aryl methyl sites for hydroxylation is 2. The Morgan fingerprint density at radius 2 is 1.89 bits per heavy atom. The highest BCUT2D eigenvalue weighted by atomic mass is 16.5. The molecule has 0 radical (unpaired) electrons. The second-order valence-electron chi connectivity index (χ2n) is 4.58. The molecule has 0 aliphatic carbocycles. The maximum absolute atomic E-state index is 11.3. The molecule has 0 aromatic heterocycles. The molecule has 2 aromatic carbocycles. The van der Waals surface area contributed by atoms with Crippen molar-refractivity contribution in [3.63, 3.8) is 0 Å². The molecule has 0 aliphatic heterocycles. The summed E-state index contributed by atoms with van der Waals surface area (Å²) in [7, 11) is 0. The number of benzene rings is 2. The molecule has 2 aromatic rings. The summed E-state index contributed by atoms with van der Waals surface area (Å²) in [5.41, 5.74) is 8.87. The molecule has 19 heavy (non-hydrogen) atoms. The summed E-state index contributed by atoms with van der Waals surface area (Å²) in [5.74, 6) is 0.402. The first kappa shape index (κ1) is 13.1. The SMILES string of the molecule is Cc1ccc(C)c(OCc2ccccc2C(N)=O)c1. The molecule has 0 saturated heterocycles. The van der Waals surface area contributed by atoms with Crippen molar-refractivity contribution in [3.05, 3.63) is 64.7 Å². The van der Waals surface area contributed by atoms with Gasteiger partial charge in [-0.2, -0.15) is 0 Å². The molecule has 2 rings (SSSR count). The first-order valence-electron chi connectivity index (χ1n) is 6.15. The summed E-state index contributed by atoms with van der Waals surface area (Å²) >= 11 is 0. The van der Waals surface area contributed by atoms with E-state index in [9.17, 15) is 4.79 Å². The maximum Gasteiger partial charge on any atom is 0.249 e. The number of rotatable bonds is 4. The van der Waals surface area contributed by atoms with E-state index in [1.54, 1.807) is 12.1 Å². The summed E-state index contributed by atoms with van der Waals surface area (Å²) in [4.78, 5) is 11.3. The highest BCUT2D eigenvalue weighted by Crippen LogP contribution is 2.21. The van der Waals surface area contributed by atoms with E-state index in [-0.39, 0.29) is 0 Å². The highest BCUT2D eigenvalue weighted by Gasteiger charge is 2.08. The molecule has 0 spiro atoms. The maximum atomic E-state index is 11.3. The summed E-state index contributed by atoms with van der Waals surface area (Å²) in [6, 6.07) is 13.3. The predicted octanol–water partition coefficient (Wildman–Crippen LogP) is 2.98. The molecular formula is C16H17NO2. The van der Waals surface area contributed by atoms with Gasteiger partial charge in [0.2, 0.25) is 5.91 Å². The van der Waals surface area contributed by atoms with Gasteiger partial charge >= 0.3 is 0 Å². The molecule has 0 unspecified atom stereocenters. The quantitative estimate of drug-likeness (QED) is 0.913. The van der Waals surface area contributed by atoms with Gasteiger partial charge in [-0.25, -0.2) is 0 Å². The lowest BCUT2D eigenvalue weighted by Gasteiger charge is -2.11. The van der Waals surface area contributed by atoms with Crippen LogP contribution in [0.15, 0.2) is 42.5 Å². The van der Waals surface area contributed by atoms with E-state index in [0.29, 0.717) is 12.2 Å². The third-order valence-electron chi connectivity index (χ3n) is 3.01. The summed E-state index contributed by atoms with van der Waals surface area (Å²) in [6.07, 6.45) is 0. The molecule has 3 nitrogen and oxygen atoms in total. The highest BCUT2D eigenvalue weighted by molar-refractivity contribution is 5.94. The number of carbonyl (C=O) groups excluding carboxylic acids is 1. The van der Waals surface area contributed by atoms with Gasteiger partial charge in [-0.3, -0.25) is 4.79 Å². The molecule has 0 saturated carbocycles. The second-order valence-corrected chi connectivity index (χ2v) is 4.58. The van der Waals surface area contributed by atoms with Crippen LogP contribution in [0.5, 0.6) is 5.75 Å². The van der Waals surface area contributed by atoms with Crippen molar-refractivity contribution in [1.82, 2.24) is 0 Å². The van der Waals surface area contributed by atoms with Crippen molar-refractivity contribution in [3.8, 4) is 5.75 Å². The number of ether oxygens (including phenoxy) is 1. The zero-order valence-electron chi connectivity index (χ0n) is 11.1. The van der Waals surface area contributed by atoms with Crippen molar-refractivity contribution in [1.29, 1.82) is 0 Å². The van der Waals surface area contributed by atoms with Gasteiger partial charge in [0.25, 0.3) is 0 Å². The minimum atomic E-state index is -0.430. The van der Waals surface area contributed by atoms with Gasteiger partial charge in [0.1, 0.15) is 12.4 Å². The van der Waals surface area contributed by atoms with Crippen molar-refractivity contribution in [2.45, 2.75) is 20.5 Å². The van der Waals surface area contributed by atoms with Crippen LogP contribution in [-0.2, 0) is 6.61 Å². The van der Waals surface area contributed by atoms with Crippen LogP contribution >= 0.6 is 0 Å². The molecule has 0 fully saturated rings. The van der Waals surface area contributed by atoms with Gasteiger partial charge in [-0.15, -0.1) is 0 Å². The van der Waals surface area contributed by atoms with E-state index in [0.717, 1.165) is 22.4 Å². The van der Waals surface area contributed by atoms with E-state index < -0.39 is 5.91 Å². The first-order valence-corrected chi connectivity index (χ1v) is 6.15. The summed E-state index contributed by atoms with van der Waals surface area (Å²) in [5, 5.41) is 0. The normalized spacial score (nSPS) is 10.2. The van der Waals surface area contributed by atoms with Gasteiger partial charge in [-0.1, -0.05) is 30.3 Å². The summed E-state index contributed by atoms with van der Waals surface area (Å²) in [6.45, 7) is 4.35. The topological polar surface area (TPSA) is 52.3 Å². The van der Waals surface area contributed by atoms with Gasteiger partial charge in [0, 0.05) is 11.1 Å². The molecule has 3 heteroatoms. The van der Waals surface area contributed by atoms with E-state index in [1.165, 1.54) is 0 Å². The molecule has 0 aliphatic rings. The van der Waals surface area contributed by atoms with Crippen molar-refractivity contribution >= 4 is 5.91 Å². The predicted molar refractivity (Wildman–Crippen MR) is 75.2 cm³/mol. The largest absolute Gasteiger partial charge is 0.489 e. The van der Waals surface area contributed by atoms with Crippen LogP contribution < -0.4 is 10.5 Å². The number of carbonyl (C=O) groups is 1. The molecule has 0 heterocycles. The van der Waals surface area contributed by atoms with Crippen LogP contribution in [0.1, 0.15) is 27.0 Å². The first-order chi connectivity index (χ1) is 9.08. The lowest BCUT2D eigenvalue weighted by molar-refractivity contribution is 0.0998. The molecule has 2 N–H and O–H groups in total. The molecule has 0 atom stereocenters. The Bertz CT molecular complexity index is 605. The van der Waals surface area contributed by atoms with Gasteiger partial charge in [0.15, 0.2) is 0 Å². The summed E-state index contributed by atoms with van der Waals surface area (Å²) < 4.78 is 5.79. The number of hydrogen-bond donors (Lipinski definition) is 1. The Kier molecular flexibility index (Phi) is 3.85. The van der Waals surface area contributed by atoms with Crippen LogP contribution in [0, 0.1) is 13.8 Å². The fraction of sp³-hybridized carbons (Fsp3) is 0.188. The van der Waals surface area contributed by atoms with Crippen LogP contribution in [-0.4, -0.2) is 5.91 Å². The molecule has 0 bridgehead atoms. The van der Waals surface area contributed by atoms with E-state index in [1.807, 2.05) is 44.2 Å². The van der Waals surface area contributed by atoms with Gasteiger partial charge < -0.3 is 10.5 Å². The zero-order chi connectivity index (χ0) is 13.8. The number of primary amides is 1. The van der Waals surface area contributed by atoms with Gasteiger partial charge in [-0.05, 0) is 37.1 Å². The minimum Gasteiger partial charge on any atom is -0.489 e. The lowest BCUT2D eigenvalue weighted by atomic mass is 10.1. The average molecular weight is 255 g/mol. The Labute approximate surface area is 113 Å².